The Labute approximate surface area is 146 Å². The molecule has 0 aliphatic heterocycles. The molecule has 1 aromatic heterocycles. The lowest BCUT2D eigenvalue weighted by Crippen LogP contribution is -2.35. The lowest BCUT2D eigenvalue weighted by molar-refractivity contribution is -0.123. The third-order valence-corrected chi connectivity index (χ3v) is 3.49. The zero-order chi connectivity index (χ0) is 16.8. The monoisotopic (exact) mass is 356 g/mol. The topological polar surface area (TPSA) is 68.2 Å². The van der Waals surface area contributed by atoms with Crippen LogP contribution in [0.25, 0.3) is 0 Å². The van der Waals surface area contributed by atoms with Gasteiger partial charge in [0, 0.05) is 38.0 Å². The number of benzene rings is 1. The van der Waals surface area contributed by atoms with E-state index in [1.807, 2.05) is 0 Å². The van der Waals surface area contributed by atoms with Gasteiger partial charge in [-0.2, -0.15) is 5.10 Å². The second kappa shape index (κ2) is 9.36. The van der Waals surface area contributed by atoms with E-state index in [2.05, 4.69) is 15.7 Å². The minimum absolute atomic E-state index is 0. The van der Waals surface area contributed by atoms with E-state index in [-0.39, 0.29) is 30.7 Å². The van der Waals surface area contributed by atoms with E-state index in [0.717, 1.165) is 11.1 Å². The normalized spacial score (nSPS) is 11.7. The molecule has 1 heterocycles. The molecule has 1 atom stereocenters. The number of aromatic nitrogens is 2. The molecule has 0 aliphatic carbocycles. The van der Waals surface area contributed by atoms with E-state index < -0.39 is 6.04 Å². The fourth-order valence-corrected chi connectivity index (χ4v) is 2.33. The van der Waals surface area contributed by atoms with Gasteiger partial charge in [0.2, 0.25) is 5.91 Å². The fourth-order valence-electron chi connectivity index (χ4n) is 2.33. The zero-order valence-corrected chi connectivity index (χ0v) is 14.7. The number of carbonyl (C=O) groups excluding carboxylic acids is 1. The number of hydrogen-bond donors (Lipinski definition) is 2. The molecule has 0 saturated heterocycles. The van der Waals surface area contributed by atoms with Gasteiger partial charge in [0.15, 0.2) is 0 Å². The number of methoxy groups -OCH3 is 1. The van der Waals surface area contributed by atoms with Crippen LogP contribution in [0.1, 0.15) is 22.7 Å². The number of rotatable bonds is 7. The first kappa shape index (κ1) is 20.1. The highest BCUT2D eigenvalue weighted by Gasteiger charge is 2.19. The quantitative estimate of drug-likeness (QED) is 0.792. The number of nitrogens with one attached hydrogen (secondary N) is 2. The first-order valence-electron chi connectivity index (χ1n) is 7.25. The summed E-state index contributed by atoms with van der Waals surface area (Å²) in [5.41, 5.74) is 2.07. The SMILES string of the molecule is CNC(C(=O)NCc1ccc(F)c(COC)c1)c1cnn(C)c1.Cl. The summed E-state index contributed by atoms with van der Waals surface area (Å²) < 4.78 is 20.2. The average molecular weight is 357 g/mol. The van der Waals surface area contributed by atoms with Crippen molar-refractivity contribution in [3.63, 3.8) is 0 Å². The van der Waals surface area contributed by atoms with E-state index in [1.165, 1.54) is 13.2 Å². The number of nitrogens with zero attached hydrogens (tertiary/aromatic N) is 2. The maximum atomic E-state index is 13.6. The van der Waals surface area contributed by atoms with Gasteiger partial charge in [0.05, 0.1) is 12.8 Å². The molecule has 0 aliphatic rings. The maximum Gasteiger partial charge on any atom is 0.242 e. The molecule has 0 saturated carbocycles. The molecular formula is C16H22ClFN4O2. The van der Waals surface area contributed by atoms with E-state index in [0.29, 0.717) is 12.1 Å². The van der Waals surface area contributed by atoms with Gasteiger partial charge >= 0.3 is 0 Å². The van der Waals surface area contributed by atoms with E-state index in [1.54, 1.807) is 43.3 Å². The number of hydrogen-bond acceptors (Lipinski definition) is 4. The minimum atomic E-state index is -0.484. The summed E-state index contributed by atoms with van der Waals surface area (Å²) in [6.45, 7) is 0.511. The van der Waals surface area contributed by atoms with Gasteiger partial charge in [-0.1, -0.05) is 6.07 Å². The van der Waals surface area contributed by atoms with Crippen LogP contribution in [0.4, 0.5) is 4.39 Å². The van der Waals surface area contributed by atoms with Crippen molar-refractivity contribution >= 4 is 18.3 Å². The second-order valence-electron chi connectivity index (χ2n) is 5.25. The Balaban J connectivity index is 0.00000288. The molecule has 1 aromatic carbocycles. The van der Waals surface area contributed by atoms with Gasteiger partial charge in [-0.3, -0.25) is 9.48 Å². The van der Waals surface area contributed by atoms with Crippen molar-refractivity contribution in [2.45, 2.75) is 19.2 Å². The van der Waals surface area contributed by atoms with Gasteiger partial charge in [0.1, 0.15) is 11.9 Å². The summed E-state index contributed by atoms with van der Waals surface area (Å²) in [7, 11) is 5.02. The van der Waals surface area contributed by atoms with Crippen molar-refractivity contribution in [2.24, 2.45) is 7.05 Å². The van der Waals surface area contributed by atoms with E-state index in [9.17, 15) is 9.18 Å². The van der Waals surface area contributed by atoms with Crippen molar-refractivity contribution < 1.29 is 13.9 Å². The molecule has 24 heavy (non-hydrogen) atoms. The summed E-state index contributed by atoms with van der Waals surface area (Å²) >= 11 is 0. The van der Waals surface area contributed by atoms with Crippen molar-refractivity contribution in [1.29, 1.82) is 0 Å². The third kappa shape index (κ3) is 5.02. The number of carbonyl (C=O) groups is 1. The molecule has 6 nitrogen and oxygen atoms in total. The van der Waals surface area contributed by atoms with E-state index >= 15 is 0 Å². The zero-order valence-electron chi connectivity index (χ0n) is 13.9. The van der Waals surface area contributed by atoms with Gasteiger partial charge < -0.3 is 15.4 Å². The number of amides is 1. The molecule has 0 fully saturated rings. The molecule has 2 aromatic rings. The Bertz CT molecular complexity index is 678. The highest BCUT2D eigenvalue weighted by molar-refractivity contribution is 5.85. The molecule has 2 rings (SSSR count). The molecule has 132 valence electrons. The molecule has 0 spiro atoms. The molecule has 0 radical (unpaired) electrons. The predicted octanol–water partition coefficient (Wildman–Crippen LogP) is 1.70. The summed E-state index contributed by atoms with van der Waals surface area (Å²) in [6.07, 6.45) is 3.44. The molecule has 2 N–H and O–H groups in total. The van der Waals surface area contributed by atoms with Crippen LogP contribution in [0, 0.1) is 5.82 Å². The van der Waals surface area contributed by atoms with Crippen molar-refractivity contribution in [2.75, 3.05) is 14.2 Å². The highest BCUT2D eigenvalue weighted by atomic mass is 35.5. The summed E-state index contributed by atoms with van der Waals surface area (Å²) in [5.74, 6) is -0.483. The minimum Gasteiger partial charge on any atom is -0.380 e. The van der Waals surface area contributed by atoms with Crippen molar-refractivity contribution in [1.82, 2.24) is 20.4 Å². The fraction of sp³-hybridized carbons (Fsp3) is 0.375. The third-order valence-electron chi connectivity index (χ3n) is 3.49. The van der Waals surface area contributed by atoms with Crippen LogP contribution in [-0.2, 0) is 29.7 Å². The van der Waals surface area contributed by atoms with Gasteiger partial charge in [-0.25, -0.2) is 4.39 Å². The molecule has 0 bridgehead atoms. The number of aryl methyl sites for hydroxylation is 1. The number of likely N-dealkylation sites (N-methyl/N-ethyl adjacent to an activating group) is 1. The van der Waals surface area contributed by atoms with Gasteiger partial charge in [0.25, 0.3) is 0 Å². The number of halogens is 2. The van der Waals surface area contributed by atoms with Gasteiger partial charge in [-0.15, -0.1) is 12.4 Å². The first-order valence-corrected chi connectivity index (χ1v) is 7.25. The van der Waals surface area contributed by atoms with Crippen LogP contribution in [0.2, 0.25) is 0 Å². The second-order valence-corrected chi connectivity index (χ2v) is 5.25. The predicted molar refractivity (Wildman–Crippen MR) is 91.2 cm³/mol. The van der Waals surface area contributed by atoms with E-state index in [4.69, 9.17) is 4.74 Å². The Hall–Kier alpha value is -1.96. The first-order chi connectivity index (χ1) is 11.0. The summed E-state index contributed by atoms with van der Waals surface area (Å²) in [5, 5.41) is 9.88. The Morgan fingerprint density at radius 2 is 2.21 bits per heavy atom. The molecule has 8 heteroatoms. The molecule has 1 unspecified atom stereocenters. The average Bonchev–Trinajstić information content (AvgIpc) is 2.95. The van der Waals surface area contributed by atoms with Crippen LogP contribution in [0.15, 0.2) is 30.6 Å². The molecular weight excluding hydrogens is 335 g/mol. The highest BCUT2D eigenvalue weighted by Crippen LogP contribution is 2.14. The van der Waals surface area contributed by atoms with Crippen LogP contribution in [-0.4, -0.2) is 29.8 Å². The summed E-state index contributed by atoms with van der Waals surface area (Å²) in [4.78, 5) is 12.3. The Kier molecular flexibility index (Phi) is 7.84. The van der Waals surface area contributed by atoms with Crippen LogP contribution in [0.5, 0.6) is 0 Å². The standard InChI is InChI=1S/C16H21FN4O2.ClH/c1-18-15(13-8-20-21(2)9-13)16(22)19-7-11-4-5-14(17)12(6-11)10-23-3;/h4-6,8-9,15,18H,7,10H2,1-3H3,(H,19,22);1H. The lowest BCUT2D eigenvalue weighted by atomic mass is 10.1. The Morgan fingerprint density at radius 3 is 2.79 bits per heavy atom. The maximum absolute atomic E-state index is 13.6. The van der Waals surface area contributed by atoms with Crippen LogP contribution >= 0.6 is 12.4 Å². The summed E-state index contributed by atoms with van der Waals surface area (Å²) in [6, 6.07) is 4.24. The molecule has 1 amide bonds. The van der Waals surface area contributed by atoms with Crippen molar-refractivity contribution in [3.05, 3.63) is 53.1 Å². The van der Waals surface area contributed by atoms with Gasteiger partial charge in [-0.05, 0) is 24.7 Å². The lowest BCUT2D eigenvalue weighted by Gasteiger charge is -2.15. The smallest absolute Gasteiger partial charge is 0.242 e. The largest absolute Gasteiger partial charge is 0.380 e. The van der Waals surface area contributed by atoms with Crippen LogP contribution in [0.3, 0.4) is 0 Å². The van der Waals surface area contributed by atoms with Crippen molar-refractivity contribution in [3.8, 4) is 0 Å². The Morgan fingerprint density at radius 1 is 1.46 bits per heavy atom. The number of ether oxygens (including phenoxy) is 1. The van der Waals surface area contributed by atoms with Crippen LogP contribution < -0.4 is 10.6 Å².